The van der Waals surface area contributed by atoms with Crippen LogP contribution in [0.5, 0.6) is 0 Å². The number of carbonyl (C=O) groups is 3. The molecule has 1 unspecified atom stereocenters. The third kappa shape index (κ3) is 3.35. The maximum Gasteiger partial charge on any atom is 0.349 e. The Kier molecular flexibility index (Phi) is 5.08. The molecule has 12 heteroatoms. The maximum atomic E-state index is 13.3. The molecule has 1 aromatic heterocycles. The summed E-state index contributed by atoms with van der Waals surface area (Å²) < 4.78 is 14.8. The molecule has 2 aliphatic heterocycles. The second-order valence-electron chi connectivity index (χ2n) is 7.06. The highest BCUT2D eigenvalue weighted by Crippen LogP contribution is 2.28. The largest absolute Gasteiger partial charge is 0.372 e. The fraction of sp³-hybridized carbons (Fsp3) is 0.333. The Morgan fingerprint density at radius 3 is 2.87 bits per heavy atom. The van der Waals surface area contributed by atoms with Crippen LogP contribution in [0.1, 0.15) is 21.7 Å². The van der Waals surface area contributed by atoms with E-state index in [2.05, 4.69) is 15.3 Å². The zero-order valence-electron chi connectivity index (χ0n) is 15.9. The van der Waals surface area contributed by atoms with Crippen molar-refractivity contribution in [2.75, 3.05) is 18.9 Å². The summed E-state index contributed by atoms with van der Waals surface area (Å²) in [6.07, 6.45) is 0.440. The van der Waals surface area contributed by atoms with E-state index in [1.54, 1.807) is 0 Å². The number of nitrogens with two attached hydrogens (primary N) is 1. The van der Waals surface area contributed by atoms with Gasteiger partial charge in [-0.15, -0.1) is 0 Å². The van der Waals surface area contributed by atoms with E-state index < -0.39 is 29.8 Å². The topological polar surface area (TPSA) is 123 Å². The van der Waals surface area contributed by atoms with Crippen LogP contribution in [0.4, 0.5) is 14.9 Å². The molecular formula is C18H18ClFN6O4. The van der Waals surface area contributed by atoms with E-state index in [9.17, 15) is 18.8 Å². The highest BCUT2D eigenvalue weighted by Gasteiger charge is 2.40. The van der Waals surface area contributed by atoms with Gasteiger partial charge in [-0.05, 0) is 18.2 Å². The Hall–Kier alpha value is -3.18. The summed E-state index contributed by atoms with van der Waals surface area (Å²) in [6, 6.07) is 2.60. The molecule has 0 fully saturated rings. The first-order chi connectivity index (χ1) is 14.3. The summed E-state index contributed by atoms with van der Waals surface area (Å²) in [6.45, 7) is 0.653. The Bertz CT molecular complexity index is 1060. The lowest BCUT2D eigenvalue weighted by atomic mass is 10.0. The molecule has 1 aromatic carbocycles. The molecule has 3 amide bonds. The predicted octanol–water partition coefficient (Wildman–Crippen LogP) is 1.14. The van der Waals surface area contributed by atoms with Crippen molar-refractivity contribution in [1.82, 2.24) is 19.6 Å². The Balaban J connectivity index is 1.55. The molecule has 0 aliphatic carbocycles. The number of amides is 3. The lowest BCUT2D eigenvalue weighted by Crippen LogP contribution is -2.51. The van der Waals surface area contributed by atoms with Gasteiger partial charge in [-0.25, -0.2) is 14.0 Å². The van der Waals surface area contributed by atoms with Crippen LogP contribution in [0.3, 0.4) is 0 Å². The first-order valence-electron chi connectivity index (χ1n) is 9.07. The number of urea groups is 1. The summed E-state index contributed by atoms with van der Waals surface area (Å²) in [5, 5.41) is 7.02. The normalized spacial score (nSPS) is 18.0. The Labute approximate surface area is 175 Å². The average molecular weight is 437 g/mol. The zero-order valence-corrected chi connectivity index (χ0v) is 16.6. The molecule has 10 nitrogen and oxygen atoms in total. The molecule has 4 rings (SSSR count). The molecule has 1 atom stereocenters. The minimum atomic E-state index is -0.876. The minimum absolute atomic E-state index is 0.0985. The Morgan fingerprint density at radius 2 is 2.17 bits per heavy atom. The first-order valence-corrected chi connectivity index (χ1v) is 9.45. The van der Waals surface area contributed by atoms with Crippen molar-refractivity contribution < 1.29 is 23.6 Å². The minimum Gasteiger partial charge on any atom is -0.372 e. The van der Waals surface area contributed by atoms with Gasteiger partial charge >= 0.3 is 12.0 Å². The number of nitrogens with one attached hydrogen (secondary N) is 1. The SMILES string of the molecule is CN1C(=O)c2c3c(nn2CC1C(=O)ON)CCN(C(=O)Nc1ccc(F)c(Cl)c1)C3. The van der Waals surface area contributed by atoms with Crippen molar-refractivity contribution in [2.45, 2.75) is 25.6 Å². The molecule has 0 saturated heterocycles. The lowest BCUT2D eigenvalue weighted by Gasteiger charge is -2.32. The van der Waals surface area contributed by atoms with Gasteiger partial charge < -0.3 is 20.0 Å². The molecule has 2 aliphatic rings. The number of carbonyl (C=O) groups excluding carboxylic acids is 3. The summed E-state index contributed by atoms with van der Waals surface area (Å²) in [5.74, 6) is 3.25. The number of anilines is 1. The van der Waals surface area contributed by atoms with E-state index in [0.29, 0.717) is 35.6 Å². The number of halogens is 2. The van der Waals surface area contributed by atoms with E-state index >= 15 is 0 Å². The first kappa shape index (κ1) is 20.1. The average Bonchev–Trinajstić information content (AvgIpc) is 3.10. The van der Waals surface area contributed by atoms with Crippen molar-refractivity contribution >= 4 is 35.2 Å². The predicted molar refractivity (Wildman–Crippen MR) is 103 cm³/mol. The lowest BCUT2D eigenvalue weighted by molar-refractivity contribution is -0.150. The number of fused-ring (bicyclic) bond motifs is 3. The van der Waals surface area contributed by atoms with Gasteiger partial charge in [-0.2, -0.15) is 11.0 Å². The van der Waals surface area contributed by atoms with Gasteiger partial charge in [-0.3, -0.25) is 9.48 Å². The van der Waals surface area contributed by atoms with E-state index in [4.69, 9.17) is 17.5 Å². The number of hydrogen-bond acceptors (Lipinski definition) is 6. The van der Waals surface area contributed by atoms with Gasteiger partial charge in [0, 0.05) is 31.3 Å². The third-order valence-corrected chi connectivity index (χ3v) is 5.57. The monoisotopic (exact) mass is 436 g/mol. The van der Waals surface area contributed by atoms with Crippen LogP contribution < -0.4 is 11.2 Å². The molecule has 2 aromatic rings. The van der Waals surface area contributed by atoms with E-state index in [1.807, 2.05) is 0 Å². The molecule has 30 heavy (non-hydrogen) atoms. The van der Waals surface area contributed by atoms with Crippen LogP contribution in [0, 0.1) is 5.82 Å². The van der Waals surface area contributed by atoms with Crippen LogP contribution in [-0.2, 0) is 29.1 Å². The van der Waals surface area contributed by atoms with Crippen molar-refractivity contribution in [3.8, 4) is 0 Å². The van der Waals surface area contributed by atoms with Crippen LogP contribution in [0.25, 0.3) is 0 Å². The molecule has 0 bridgehead atoms. The third-order valence-electron chi connectivity index (χ3n) is 5.28. The van der Waals surface area contributed by atoms with Gasteiger partial charge in [-0.1, -0.05) is 11.6 Å². The number of aromatic nitrogens is 2. The highest BCUT2D eigenvalue weighted by atomic mass is 35.5. The number of benzene rings is 1. The van der Waals surface area contributed by atoms with E-state index in [0.717, 1.165) is 6.07 Å². The second-order valence-corrected chi connectivity index (χ2v) is 7.46. The Morgan fingerprint density at radius 1 is 1.40 bits per heavy atom. The summed E-state index contributed by atoms with van der Waals surface area (Å²) >= 11 is 5.76. The molecule has 3 heterocycles. The fourth-order valence-corrected chi connectivity index (χ4v) is 3.83. The fourth-order valence-electron chi connectivity index (χ4n) is 3.65. The van der Waals surface area contributed by atoms with E-state index in [1.165, 1.54) is 33.7 Å². The summed E-state index contributed by atoms with van der Waals surface area (Å²) in [5.41, 5.74) is 2.01. The molecule has 0 saturated carbocycles. The van der Waals surface area contributed by atoms with Crippen molar-refractivity contribution in [3.05, 3.63) is 46.0 Å². The standard InChI is InChI=1S/C18H18ClFN6O4/c1-24-14(17(28)30-21)8-26-15(16(24)27)10-7-25(5-4-13(10)23-26)18(29)22-9-2-3-12(20)11(19)6-9/h2-3,6,14H,4-5,7-8,21H2,1H3,(H,22,29). The molecule has 158 valence electrons. The zero-order chi connectivity index (χ0) is 21.6. The quantitative estimate of drug-likeness (QED) is 0.680. The van der Waals surface area contributed by atoms with Crippen LogP contribution >= 0.6 is 11.6 Å². The molecule has 0 spiro atoms. The number of hydrogen-bond donors (Lipinski definition) is 2. The van der Waals surface area contributed by atoms with Gasteiger partial charge in [0.05, 0.1) is 23.8 Å². The van der Waals surface area contributed by atoms with Crippen molar-refractivity contribution in [3.63, 3.8) is 0 Å². The van der Waals surface area contributed by atoms with Gasteiger partial charge in [0.15, 0.2) is 6.04 Å². The maximum absolute atomic E-state index is 13.3. The number of nitrogens with zero attached hydrogens (tertiary/aromatic N) is 4. The molecule has 0 radical (unpaired) electrons. The highest BCUT2D eigenvalue weighted by molar-refractivity contribution is 6.31. The summed E-state index contributed by atoms with van der Waals surface area (Å²) in [7, 11) is 1.48. The van der Waals surface area contributed by atoms with Gasteiger partial charge in [0.1, 0.15) is 11.5 Å². The second kappa shape index (κ2) is 7.58. The van der Waals surface area contributed by atoms with Crippen LogP contribution in [0.15, 0.2) is 18.2 Å². The van der Waals surface area contributed by atoms with Crippen molar-refractivity contribution in [1.29, 1.82) is 0 Å². The number of likely N-dealkylation sites (N-methyl/N-ethyl adjacent to an activating group) is 1. The van der Waals surface area contributed by atoms with Crippen molar-refractivity contribution in [2.24, 2.45) is 5.90 Å². The number of rotatable bonds is 2. The molecular weight excluding hydrogens is 419 g/mol. The van der Waals surface area contributed by atoms with E-state index in [-0.39, 0.29) is 18.1 Å². The van der Waals surface area contributed by atoms with Gasteiger partial charge in [0.2, 0.25) is 0 Å². The van der Waals surface area contributed by atoms with Gasteiger partial charge in [0.25, 0.3) is 5.91 Å². The smallest absolute Gasteiger partial charge is 0.349 e. The summed E-state index contributed by atoms with van der Waals surface area (Å²) in [4.78, 5) is 44.5. The molecule has 3 N–H and O–H groups in total. The van der Waals surface area contributed by atoms with Crippen LogP contribution in [0.2, 0.25) is 5.02 Å². The van der Waals surface area contributed by atoms with Crippen LogP contribution in [-0.4, -0.2) is 57.1 Å².